The third kappa shape index (κ3) is 1.99. The summed E-state index contributed by atoms with van der Waals surface area (Å²) in [6.45, 7) is 3.81. The van der Waals surface area contributed by atoms with E-state index in [0.717, 1.165) is 11.4 Å². The molecule has 0 aliphatic heterocycles. The van der Waals surface area contributed by atoms with Crippen LogP contribution in [0.2, 0.25) is 0 Å². The van der Waals surface area contributed by atoms with Crippen LogP contribution < -0.4 is 0 Å². The molecule has 2 aromatic rings. The number of aromatic nitrogens is 2. The van der Waals surface area contributed by atoms with Gasteiger partial charge in [-0.1, -0.05) is 0 Å². The Kier molecular flexibility index (Phi) is 2.55. The fraction of sp³-hybridized carbons (Fsp3) is 0.0909. The SMILES string of the molecule is [CH2]c1ccnn1-c1ccc(S(C)(=O)=O)cc1. The Morgan fingerprint density at radius 3 is 2.25 bits per heavy atom. The van der Waals surface area contributed by atoms with Crippen LogP contribution in [0.3, 0.4) is 0 Å². The van der Waals surface area contributed by atoms with E-state index in [4.69, 9.17) is 0 Å². The van der Waals surface area contributed by atoms with E-state index in [1.807, 2.05) is 0 Å². The standard InChI is InChI=1S/C11H11N2O2S/c1-9-7-8-12-13(9)10-3-5-11(6-4-10)16(2,14)15/h3-8H,1H2,2H3. The summed E-state index contributed by atoms with van der Waals surface area (Å²) in [5.74, 6) is 0. The molecule has 1 aromatic heterocycles. The molecule has 0 saturated heterocycles. The zero-order chi connectivity index (χ0) is 11.8. The van der Waals surface area contributed by atoms with Gasteiger partial charge in [0.2, 0.25) is 0 Å². The molecule has 1 heterocycles. The van der Waals surface area contributed by atoms with E-state index in [1.165, 1.54) is 6.26 Å². The van der Waals surface area contributed by atoms with Crippen molar-refractivity contribution < 1.29 is 8.42 Å². The molecule has 0 aliphatic rings. The van der Waals surface area contributed by atoms with Crippen molar-refractivity contribution in [2.75, 3.05) is 6.26 Å². The molecule has 4 nitrogen and oxygen atoms in total. The summed E-state index contributed by atoms with van der Waals surface area (Å²) in [5, 5.41) is 4.08. The van der Waals surface area contributed by atoms with Gasteiger partial charge in [0.15, 0.2) is 9.84 Å². The lowest BCUT2D eigenvalue weighted by atomic mass is 10.3. The molecular formula is C11H11N2O2S. The van der Waals surface area contributed by atoms with Crippen LogP contribution in [0.1, 0.15) is 5.69 Å². The Balaban J connectivity index is 2.45. The smallest absolute Gasteiger partial charge is 0.175 e. The minimum atomic E-state index is -3.14. The van der Waals surface area contributed by atoms with Crippen molar-refractivity contribution in [1.29, 1.82) is 0 Å². The monoisotopic (exact) mass is 235 g/mol. The lowest BCUT2D eigenvalue weighted by Crippen LogP contribution is -2.00. The van der Waals surface area contributed by atoms with Crippen molar-refractivity contribution in [1.82, 2.24) is 9.78 Å². The number of nitrogens with zero attached hydrogens (tertiary/aromatic N) is 2. The summed E-state index contributed by atoms with van der Waals surface area (Å²) < 4.78 is 24.2. The van der Waals surface area contributed by atoms with E-state index in [2.05, 4.69) is 12.0 Å². The third-order valence-electron chi connectivity index (χ3n) is 2.23. The fourth-order valence-corrected chi connectivity index (χ4v) is 2.03. The molecule has 0 unspecified atom stereocenters. The molecule has 1 aromatic carbocycles. The average Bonchev–Trinajstić information content (AvgIpc) is 2.63. The van der Waals surface area contributed by atoms with Crippen LogP contribution in [-0.2, 0) is 9.84 Å². The molecule has 0 amide bonds. The van der Waals surface area contributed by atoms with Crippen LogP contribution in [0.4, 0.5) is 0 Å². The van der Waals surface area contributed by atoms with E-state index in [1.54, 1.807) is 41.2 Å². The van der Waals surface area contributed by atoms with E-state index in [9.17, 15) is 8.42 Å². The summed E-state index contributed by atoms with van der Waals surface area (Å²) in [5.41, 5.74) is 1.55. The number of benzene rings is 1. The van der Waals surface area contributed by atoms with Crippen LogP contribution in [0.25, 0.3) is 5.69 Å². The normalized spacial score (nSPS) is 11.6. The number of sulfone groups is 1. The first-order chi connectivity index (χ1) is 7.48. The number of hydrogen-bond donors (Lipinski definition) is 0. The summed E-state index contributed by atoms with van der Waals surface area (Å²) in [6.07, 6.45) is 2.83. The zero-order valence-electron chi connectivity index (χ0n) is 8.79. The van der Waals surface area contributed by atoms with Crippen LogP contribution in [0.15, 0.2) is 41.4 Å². The molecule has 83 valence electrons. The van der Waals surface area contributed by atoms with Crippen molar-refractivity contribution in [2.45, 2.75) is 4.90 Å². The van der Waals surface area contributed by atoms with Gasteiger partial charge in [0.05, 0.1) is 10.6 Å². The second-order valence-electron chi connectivity index (χ2n) is 3.50. The Bertz CT molecular complexity index is 597. The first kappa shape index (κ1) is 10.9. The van der Waals surface area contributed by atoms with Gasteiger partial charge in [-0.15, -0.1) is 0 Å². The zero-order valence-corrected chi connectivity index (χ0v) is 9.61. The van der Waals surface area contributed by atoms with Gasteiger partial charge in [-0.3, -0.25) is 0 Å². The Labute approximate surface area is 94.5 Å². The molecule has 0 N–H and O–H groups in total. The maximum absolute atomic E-state index is 11.3. The fourth-order valence-electron chi connectivity index (χ4n) is 1.40. The first-order valence-corrected chi connectivity index (χ1v) is 6.54. The molecule has 0 spiro atoms. The van der Waals surface area contributed by atoms with Crippen molar-refractivity contribution in [2.24, 2.45) is 0 Å². The largest absolute Gasteiger partial charge is 0.238 e. The van der Waals surface area contributed by atoms with Gasteiger partial charge >= 0.3 is 0 Å². The summed E-state index contributed by atoms with van der Waals surface area (Å²) >= 11 is 0. The van der Waals surface area contributed by atoms with Crippen LogP contribution in [0.5, 0.6) is 0 Å². The number of hydrogen-bond acceptors (Lipinski definition) is 3. The topological polar surface area (TPSA) is 52.0 Å². The van der Waals surface area contributed by atoms with Gasteiger partial charge in [0.25, 0.3) is 0 Å². The summed E-state index contributed by atoms with van der Waals surface area (Å²) in [6, 6.07) is 8.32. The third-order valence-corrected chi connectivity index (χ3v) is 3.36. The molecule has 0 fully saturated rings. The van der Waals surface area contributed by atoms with E-state index in [0.29, 0.717) is 4.90 Å². The summed E-state index contributed by atoms with van der Waals surface area (Å²) in [7, 11) is -3.14. The van der Waals surface area contributed by atoms with Gasteiger partial charge in [0.1, 0.15) is 0 Å². The molecule has 0 bridgehead atoms. The van der Waals surface area contributed by atoms with Gasteiger partial charge in [-0.25, -0.2) is 13.1 Å². The summed E-state index contributed by atoms with van der Waals surface area (Å²) in [4.78, 5) is 0.300. The van der Waals surface area contributed by atoms with Gasteiger partial charge < -0.3 is 0 Å². The van der Waals surface area contributed by atoms with E-state index in [-0.39, 0.29) is 0 Å². The highest BCUT2D eigenvalue weighted by atomic mass is 32.2. The van der Waals surface area contributed by atoms with Crippen LogP contribution in [0, 0.1) is 6.92 Å². The van der Waals surface area contributed by atoms with Crippen molar-refractivity contribution in [3.05, 3.63) is 49.1 Å². The van der Waals surface area contributed by atoms with Crippen LogP contribution >= 0.6 is 0 Å². The molecule has 2 rings (SSSR count). The second-order valence-corrected chi connectivity index (χ2v) is 5.52. The molecule has 0 saturated carbocycles. The molecule has 1 radical (unpaired) electrons. The highest BCUT2D eigenvalue weighted by molar-refractivity contribution is 7.90. The maximum atomic E-state index is 11.3. The Morgan fingerprint density at radius 1 is 1.19 bits per heavy atom. The van der Waals surface area contributed by atoms with Gasteiger partial charge in [-0.2, -0.15) is 5.10 Å². The minimum absolute atomic E-state index is 0.300. The molecule has 16 heavy (non-hydrogen) atoms. The van der Waals surface area contributed by atoms with Gasteiger partial charge in [-0.05, 0) is 37.3 Å². The molecule has 5 heteroatoms. The predicted octanol–water partition coefficient (Wildman–Crippen LogP) is 1.46. The Morgan fingerprint density at radius 2 is 1.81 bits per heavy atom. The van der Waals surface area contributed by atoms with Gasteiger partial charge in [0, 0.05) is 18.1 Å². The van der Waals surface area contributed by atoms with E-state index < -0.39 is 9.84 Å². The van der Waals surface area contributed by atoms with Crippen molar-refractivity contribution >= 4 is 9.84 Å². The van der Waals surface area contributed by atoms with E-state index >= 15 is 0 Å². The van der Waals surface area contributed by atoms with Crippen molar-refractivity contribution in [3.63, 3.8) is 0 Å². The highest BCUT2D eigenvalue weighted by Crippen LogP contribution is 2.14. The number of rotatable bonds is 2. The Hall–Kier alpha value is -1.62. The quantitative estimate of drug-likeness (QED) is 0.791. The lowest BCUT2D eigenvalue weighted by molar-refractivity contribution is 0.602. The first-order valence-electron chi connectivity index (χ1n) is 4.65. The lowest BCUT2D eigenvalue weighted by Gasteiger charge is -2.04. The predicted molar refractivity (Wildman–Crippen MR) is 61.1 cm³/mol. The maximum Gasteiger partial charge on any atom is 0.175 e. The second kappa shape index (κ2) is 3.75. The highest BCUT2D eigenvalue weighted by Gasteiger charge is 2.07. The minimum Gasteiger partial charge on any atom is -0.238 e. The molecule has 0 aliphatic carbocycles. The molecule has 0 atom stereocenters. The van der Waals surface area contributed by atoms with Crippen molar-refractivity contribution in [3.8, 4) is 5.69 Å². The average molecular weight is 235 g/mol. The molecular weight excluding hydrogens is 224 g/mol. The van der Waals surface area contributed by atoms with Crippen LogP contribution in [-0.4, -0.2) is 24.5 Å².